The number of aliphatic hydroxyl groups is 1. The number of esters is 1. The van der Waals surface area contributed by atoms with Crippen LogP contribution in [0.1, 0.15) is 40.5 Å². The van der Waals surface area contributed by atoms with E-state index in [1.165, 1.54) is 7.11 Å². The van der Waals surface area contributed by atoms with Crippen molar-refractivity contribution in [3.05, 3.63) is 0 Å². The lowest BCUT2D eigenvalue weighted by Crippen LogP contribution is -2.48. The van der Waals surface area contributed by atoms with E-state index in [2.05, 4.69) is 0 Å². The van der Waals surface area contributed by atoms with Gasteiger partial charge in [-0.3, -0.25) is 4.79 Å². The summed E-state index contributed by atoms with van der Waals surface area (Å²) in [6.45, 7) is 7.52. The van der Waals surface area contributed by atoms with Gasteiger partial charge in [0.05, 0.1) is 18.1 Å². The zero-order valence-corrected chi connectivity index (χ0v) is 9.68. The predicted molar refractivity (Wildman–Crippen MR) is 53.8 cm³/mol. The first-order valence-corrected chi connectivity index (χ1v) is 5.00. The van der Waals surface area contributed by atoms with Crippen molar-refractivity contribution in [1.82, 2.24) is 0 Å². The van der Waals surface area contributed by atoms with E-state index < -0.39 is 16.4 Å². The van der Waals surface area contributed by atoms with Crippen LogP contribution in [0.5, 0.6) is 0 Å². The van der Waals surface area contributed by atoms with E-state index in [0.717, 1.165) is 0 Å². The third kappa shape index (κ3) is 1.18. The molecule has 3 nitrogen and oxygen atoms in total. The Morgan fingerprint density at radius 3 is 2.00 bits per heavy atom. The third-order valence-corrected chi connectivity index (χ3v) is 4.47. The molecule has 0 saturated heterocycles. The minimum atomic E-state index is -0.796. The first kappa shape index (κ1) is 11.5. The van der Waals surface area contributed by atoms with E-state index in [1.807, 2.05) is 20.8 Å². The van der Waals surface area contributed by atoms with Gasteiger partial charge in [-0.1, -0.05) is 13.8 Å². The van der Waals surface area contributed by atoms with E-state index in [-0.39, 0.29) is 5.97 Å². The molecule has 0 aromatic heterocycles. The molecule has 1 aliphatic carbocycles. The SMILES string of the molecule is COC(=O)C1(C)CCC(C)(O)C1(C)C. The van der Waals surface area contributed by atoms with E-state index in [9.17, 15) is 9.90 Å². The van der Waals surface area contributed by atoms with Gasteiger partial charge in [-0.2, -0.15) is 0 Å². The van der Waals surface area contributed by atoms with Crippen LogP contribution in [0.4, 0.5) is 0 Å². The zero-order chi connectivity index (χ0) is 11.2. The molecule has 0 amide bonds. The molecule has 0 aromatic rings. The van der Waals surface area contributed by atoms with Crippen molar-refractivity contribution in [2.75, 3.05) is 7.11 Å². The highest BCUT2D eigenvalue weighted by molar-refractivity contribution is 5.78. The van der Waals surface area contributed by atoms with Gasteiger partial charge in [-0.05, 0) is 26.7 Å². The van der Waals surface area contributed by atoms with Crippen molar-refractivity contribution in [3.63, 3.8) is 0 Å². The highest BCUT2D eigenvalue weighted by atomic mass is 16.5. The van der Waals surface area contributed by atoms with E-state index in [4.69, 9.17) is 4.74 Å². The Balaban J connectivity index is 3.10. The lowest BCUT2D eigenvalue weighted by atomic mass is 9.64. The Bertz CT molecular complexity index is 255. The molecule has 3 heteroatoms. The number of methoxy groups -OCH3 is 1. The smallest absolute Gasteiger partial charge is 0.312 e. The molecule has 0 heterocycles. The maximum absolute atomic E-state index is 11.7. The van der Waals surface area contributed by atoms with E-state index in [0.29, 0.717) is 12.8 Å². The van der Waals surface area contributed by atoms with Gasteiger partial charge in [-0.15, -0.1) is 0 Å². The zero-order valence-electron chi connectivity index (χ0n) is 9.68. The Kier molecular flexibility index (Phi) is 2.43. The number of carbonyl (C=O) groups is 1. The topological polar surface area (TPSA) is 46.5 Å². The second-order valence-corrected chi connectivity index (χ2v) is 5.22. The van der Waals surface area contributed by atoms with Gasteiger partial charge < -0.3 is 9.84 Å². The second-order valence-electron chi connectivity index (χ2n) is 5.22. The minimum absolute atomic E-state index is 0.222. The average molecular weight is 200 g/mol. The molecule has 1 aliphatic rings. The molecule has 82 valence electrons. The van der Waals surface area contributed by atoms with Crippen LogP contribution < -0.4 is 0 Å². The third-order valence-electron chi connectivity index (χ3n) is 4.47. The highest BCUT2D eigenvalue weighted by Gasteiger charge is 2.61. The normalized spacial score (nSPS) is 41.0. The van der Waals surface area contributed by atoms with E-state index >= 15 is 0 Å². The summed E-state index contributed by atoms with van der Waals surface area (Å²) in [6.07, 6.45) is 1.32. The summed E-state index contributed by atoms with van der Waals surface area (Å²) in [5, 5.41) is 10.2. The molecule has 0 aliphatic heterocycles. The summed E-state index contributed by atoms with van der Waals surface area (Å²) in [5.41, 5.74) is -1.83. The number of rotatable bonds is 1. The summed E-state index contributed by atoms with van der Waals surface area (Å²) >= 11 is 0. The Morgan fingerprint density at radius 2 is 1.71 bits per heavy atom. The Morgan fingerprint density at radius 1 is 1.21 bits per heavy atom. The van der Waals surface area contributed by atoms with Crippen molar-refractivity contribution in [2.45, 2.75) is 46.1 Å². The molecule has 2 unspecified atom stereocenters. The van der Waals surface area contributed by atoms with Crippen LogP contribution >= 0.6 is 0 Å². The van der Waals surface area contributed by atoms with Gasteiger partial charge in [0, 0.05) is 5.41 Å². The van der Waals surface area contributed by atoms with Crippen LogP contribution in [0.25, 0.3) is 0 Å². The Labute approximate surface area is 85.5 Å². The van der Waals surface area contributed by atoms with Gasteiger partial charge >= 0.3 is 5.97 Å². The summed E-state index contributed by atoms with van der Waals surface area (Å²) < 4.78 is 4.82. The number of hydrogen-bond acceptors (Lipinski definition) is 3. The summed E-state index contributed by atoms with van der Waals surface area (Å²) in [6, 6.07) is 0. The standard InChI is InChI=1S/C11H20O3/c1-9(2)10(3,8(12)14-5)6-7-11(9,4)13/h13H,6-7H2,1-5H3. The van der Waals surface area contributed by atoms with Crippen LogP contribution in [0.15, 0.2) is 0 Å². The van der Waals surface area contributed by atoms with Crippen LogP contribution in [-0.2, 0) is 9.53 Å². The summed E-state index contributed by atoms with van der Waals surface area (Å²) in [7, 11) is 1.40. The quantitative estimate of drug-likeness (QED) is 0.656. The molecule has 1 N–H and O–H groups in total. The molecule has 1 rings (SSSR count). The number of ether oxygens (including phenoxy) is 1. The van der Waals surface area contributed by atoms with E-state index in [1.54, 1.807) is 6.92 Å². The van der Waals surface area contributed by atoms with Gasteiger partial charge in [0.25, 0.3) is 0 Å². The lowest BCUT2D eigenvalue weighted by molar-refractivity contribution is -0.164. The largest absolute Gasteiger partial charge is 0.469 e. The maximum Gasteiger partial charge on any atom is 0.312 e. The van der Waals surface area contributed by atoms with Crippen molar-refractivity contribution in [2.24, 2.45) is 10.8 Å². The molecule has 0 bridgehead atoms. The van der Waals surface area contributed by atoms with Crippen LogP contribution in [-0.4, -0.2) is 23.8 Å². The van der Waals surface area contributed by atoms with Crippen LogP contribution in [0, 0.1) is 10.8 Å². The average Bonchev–Trinajstić information content (AvgIpc) is 2.26. The van der Waals surface area contributed by atoms with Crippen molar-refractivity contribution < 1.29 is 14.6 Å². The van der Waals surface area contributed by atoms with Gasteiger partial charge in [0.1, 0.15) is 0 Å². The molecule has 0 radical (unpaired) electrons. The minimum Gasteiger partial charge on any atom is -0.469 e. The predicted octanol–water partition coefficient (Wildman–Crippen LogP) is 1.74. The Hall–Kier alpha value is -0.570. The molecule has 1 fully saturated rings. The highest BCUT2D eigenvalue weighted by Crippen LogP contribution is 2.58. The molecule has 2 atom stereocenters. The first-order chi connectivity index (χ1) is 6.19. The maximum atomic E-state index is 11.7. The molecule has 14 heavy (non-hydrogen) atoms. The monoisotopic (exact) mass is 200 g/mol. The van der Waals surface area contributed by atoms with Crippen LogP contribution in [0.2, 0.25) is 0 Å². The molecule has 0 aromatic carbocycles. The van der Waals surface area contributed by atoms with Gasteiger partial charge in [-0.25, -0.2) is 0 Å². The molecule has 0 spiro atoms. The first-order valence-electron chi connectivity index (χ1n) is 5.00. The van der Waals surface area contributed by atoms with Crippen molar-refractivity contribution >= 4 is 5.97 Å². The fourth-order valence-electron chi connectivity index (χ4n) is 2.30. The lowest BCUT2D eigenvalue weighted by Gasteiger charge is -2.42. The fraction of sp³-hybridized carbons (Fsp3) is 0.909. The summed E-state index contributed by atoms with van der Waals surface area (Å²) in [5.74, 6) is -0.222. The molecular formula is C11H20O3. The van der Waals surface area contributed by atoms with Crippen molar-refractivity contribution in [1.29, 1.82) is 0 Å². The summed E-state index contributed by atoms with van der Waals surface area (Å²) in [4.78, 5) is 11.7. The van der Waals surface area contributed by atoms with Gasteiger partial charge in [0.15, 0.2) is 0 Å². The molecule has 1 saturated carbocycles. The fourth-order valence-corrected chi connectivity index (χ4v) is 2.30. The van der Waals surface area contributed by atoms with Crippen molar-refractivity contribution in [3.8, 4) is 0 Å². The molecular weight excluding hydrogens is 180 g/mol. The number of hydrogen-bond donors (Lipinski definition) is 1. The van der Waals surface area contributed by atoms with Crippen LogP contribution in [0.3, 0.4) is 0 Å². The number of carbonyl (C=O) groups excluding carboxylic acids is 1. The van der Waals surface area contributed by atoms with Gasteiger partial charge in [0.2, 0.25) is 0 Å². The second kappa shape index (κ2) is 2.96.